The van der Waals surface area contributed by atoms with Gasteiger partial charge in [0, 0.05) is 26.3 Å². The van der Waals surface area contributed by atoms with E-state index in [1.54, 1.807) is 0 Å². The van der Waals surface area contributed by atoms with Gasteiger partial charge in [-0.15, -0.1) is 0 Å². The first-order valence-corrected chi connectivity index (χ1v) is 9.32. The van der Waals surface area contributed by atoms with Gasteiger partial charge in [-0.3, -0.25) is 4.79 Å². The van der Waals surface area contributed by atoms with Crippen LogP contribution in [-0.4, -0.2) is 49.3 Å². The zero-order valence-electron chi connectivity index (χ0n) is 16.6. The highest BCUT2D eigenvalue weighted by Crippen LogP contribution is 2.11. The van der Waals surface area contributed by atoms with Crippen molar-refractivity contribution in [2.75, 3.05) is 33.4 Å². The lowest BCUT2D eigenvalue weighted by molar-refractivity contribution is -0.142. The van der Waals surface area contributed by atoms with Gasteiger partial charge >= 0.3 is 5.97 Å². The van der Waals surface area contributed by atoms with E-state index in [-0.39, 0.29) is 5.92 Å². The van der Waals surface area contributed by atoms with Crippen LogP contribution in [0.25, 0.3) is 0 Å². The molecule has 0 aromatic carbocycles. The van der Waals surface area contributed by atoms with Crippen LogP contribution in [0.2, 0.25) is 0 Å². The average molecular weight is 332 g/mol. The van der Waals surface area contributed by atoms with Crippen LogP contribution in [0, 0.1) is 17.8 Å². The van der Waals surface area contributed by atoms with E-state index in [0.29, 0.717) is 25.5 Å². The standard InChI is InChI=1S/C17H35NO3.C2H6/c1-14(2)8-6-10-21-11-7-9-16(17(19)20)13-18(5)12-15(3)4;1-2/h14-16H,6-13H2,1-5H3,(H,19,20);1-2H3. The van der Waals surface area contributed by atoms with Crippen LogP contribution >= 0.6 is 0 Å². The maximum atomic E-state index is 11.3. The van der Waals surface area contributed by atoms with Crippen LogP contribution in [0.5, 0.6) is 0 Å². The van der Waals surface area contributed by atoms with Gasteiger partial charge in [0.2, 0.25) is 0 Å². The number of carboxylic acids is 1. The van der Waals surface area contributed by atoms with E-state index in [0.717, 1.165) is 31.9 Å². The molecule has 140 valence electrons. The van der Waals surface area contributed by atoms with Crippen LogP contribution in [0.1, 0.15) is 67.2 Å². The zero-order chi connectivity index (χ0) is 18.3. The van der Waals surface area contributed by atoms with Gasteiger partial charge < -0.3 is 14.7 Å². The number of hydrogen-bond donors (Lipinski definition) is 1. The van der Waals surface area contributed by atoms with Crippen molar-refractivity contribution < 1.29 is 14.6 Å². The Morgan fingerprint density at radius 2 is 1.48 bits per heavy atom. The highest BCUT2D eigenvalue weighted by Gasteiger charge is 2.19. The lowest BCUT2D eigenvalue weighted by atomic mass is 10.0. The Hall–Kier alpha value is -0.610. The molecule has 23 heavy (non-hydrogen) atoms. The van der Waals surface area contributed by atoms with Gasteiger partial charge in [0.05, 0.1) is 5.92 Å². The second-order valence-corrected chi connectivity index (χ2v) is 6.94. The third kappa shape index (κ3) is 17.6. The number of aliphatic carboxylic acids is 1. The Kier molecular flexibility index (Phi) is 17.4. The summed E-state index contributed by atoms with van der Waals surface area (Å²) in [6, 6.07) is 0. The van der Waals surface area contributed by atoms with Crippen molar-refractivity contribution in [1.29, 1.82) is 0 Å². The maximum absolute atomic E-state index is 11.3. The molecule has 4 heteroatoms. The van der Waals surface area contributed by atoms with Crippen molar-refractivity contribution in [3.63, 3.8) is 0 Å². The smallest absolute Gasteiger partial charge is 0.307 e. The van der Waals surface area contributed by atoms with Gasteiger partial charge in [0.15, 0.2) is 0 Å². The van der Waals surface area contributed by atoms with Crippen molar-refractivity contribution in [3.05, 3.63) is 0 Å². The minimum absolute atomic E-state index is 0.284. The first-order chi connectivity index (χ1) is 10.8. The summed E-state index contributed by atoms with van der Waals surface area (Å²) in [5, 5.41) is 9.29. The zero-order valence-corrected chi connectivity index (χ0v) is 16.6. The molecule has 1 N–H and O–H groups in total. The highest BCUT2D eigenvalue weighted by molar-refractivity contribution is 5.70. The lowest BCUT2D eigenvalue weighted by Gasteiger charge is -2.23. The minimum atomic E-state index is -0.689. The fraction of sp³-hybridized carbons (Fsp3) is 0.947. The highest BCUT2D eigenvalue weighted by atomic mass is 16.5. The summed E-state index contributed by atoms with van der Waals surface area (Å²) in [4.78, 5) is 13.4. The molecule has 0 radical (unpaired) electrons. The number of ether oxygens (including phenoxy) is 1. The molecule has 0 fully saturated rings. The lowest BCUT2D eigenvalue weighted by Crippen LogP contribution is -2.33. The predicted octanol–water partition coefficient (Wildman–Crippen LogP) is 4.53. The Balaban J connectivity index is 0. The van der Waals surface area contributed by atoms with E-state index in [4.69, 9.17) is 4.74 Å². The molecule has 0 aliphatic rings. The number of hydrogen-bond acceptors (Lipinski definition) is 3. The maximum Gasteiger partial charge on any atom is 0.307 e. The fourth-order valence-corrected chi connectivity index (χ4v) is 2.49. The minimum Gasteiger partial charge on any atom is -0.481 e. The first kappa shape index (κ1) is 24.6. The summed E-state index contributed by atoms with van der Waals surface area (Å²) in [7, 11) is 2.00. The summed E-state index contributed by atoms with van der Waals surface area (Å²) in [6.45, 7) is 15.8. The topological polar surface area (TPSA) is 49.8 Å². The van der Waals surface area contributed by atoms with E-state index in [9.17, 15) is 9.90 Å². The molecule has 0 amide bonds. The van der Waals surface area contributed by atoms with Crippen molar-refractivity contribution in [3.8, 4) is 0 Å². The van der Waals surface area contributed by atoms with Crippen LogP contribution in [0.15, 0.2) is 0 Å². The Bertz CT molecular complexity index is 267. The predicted molar refractivity (Wildman–Crippen MR) is 98.9 cm³/mol. The van der Waals surface area contributed by atoms with E-state index in [1.165, 1.54) is 6.42 Å². The van der Waals surface area contributed by atoms with Gasteiger partial charge in [0.25, 0.3) is 0 Å². The molecule has 0 aliphatic heterocycles. The monoisotopic (exact) mass is 331 g/mol. The third-order valence-corrected chi connectivity index (χ3v) is 3.47. The molecule has 1 atom stereocenters. The molecule has 0 bridgehead atoms. The van der Waals surface area contributed by atoms with Gasteiger partial charge in [0.1, 0.15) is 0 Å². The van der Waals surface area contributed by atoms with Crippen molar-refractivity contribution in [2.24, 2.45) is 17.8 Å². The second-order valence-electron chi connectivity index (χ2n) is 6.94. The molecule has 4 nitrogen and oxygen atoms in total. The third-order valence-electron chi connectivity index (χ3n) is 3.47. The van der Waals surface area contributed by atoms with Gasteiger partial charge in [-0.2, -0.15) is 0 Å². The van der Waals surface area contributed by atoms with E-state index < -0.39 is 5.97 Å². The quantitative estimate of drug-likeness (QED) is 0.504. The van der Waals surface area contributed by atoms with Gasteiger partial charge in [-0.25, -0.2) is 0 Å². The normalized spacial score (nSPS) is 12.4. The van der Waals surface area contributed by atoms with E-state index >= 15 is 0 Å². The molecular weight excluding hydrogens is 290 g/mol. The summed E-state index contributed by atoms with van der Waals surface area (Å²) >= 11 is 0. The Morgan fingerprint density at radius 3 is 1.91 bits per heavy atom. The number of carboxylic acid groups (broad SMARTS) is 1. The van der Waals surface area contributed by atoms with Crippen LogP contribution in [0.3, 0.4) is 0 Å². The molecule has 1 unspecified atom stereocenters. The summed E-state index contributed by atoms with van der Waals surface area (Å²) in [5.74, 6) is 0.314. The Morgan fingerprint density at radius 1 is 0.957 bits per heavy atom. The molecular formula is C19H41NO3. The number of rotatable bonds is 13. The average Bonchev–Trinajstić information content (AvgIpc) is 2.45. The fourth-order valence-electron chi connectivity index (χ4n) is 2.49. The molecule has 0 rings (SSSR count). The molecule has 0 spiro atoms. The van der Waals surface area contributed by atoms with Crippen LogP contribution in [-0.2, 0) is 9.53 Å². The Labute approximate surface area is 144 Å². The largest absolute Gasteiger partial charge is 0.481 e. The van der Waals surface area contributed by atoms with Gasteiger partial charge in [-0.05, 0) is 44.6 Å². The van der Waals surface area contributed by atoms with E-state index in [2.05, 4.69) is 32.6 Å². The molecule has 0 heterocycles. The van der Waals surface area contributed by atoms with Crippen molar-refractivity contribution in [2.45, 2.75) is 67.2 Å². The van der Waals surface area contributed by atoms with Crippen molar-refractivity contribution in [1.82, 2.24) is 4.90 Å². The molecule has 0 saturated heterocycles. The van der Waals surface area contributed by atoms with Crippen LogP contribution in [0.4, 0.5) is 0 Å². The van der Waals surface area contributed by atoms with Crippen LogP contribution < -0.4 is 0 Å². The molecule has 0 aromatic heterocycles. The molecule has 0 aliphatic carbocycles. The van der Waals surface area contributed by atoms with Crippen molar-refractivity contribution >= 4 is 5.97 Å². The summed E-state index contributed by atoms with van der Waals surface area (Å²) in [5.41, 5.74) is 0. The molecule has 0 aromatic rings. The van der Waals surface area contributed by atoms with Gasteiger partial charge in [-0.1, -0.05) is 41.5 Å². The number of carbonyl (C=O) groups is 1. The number of nitrogens with zero attached hydrogens (tertiary/aromatic N) is 1. The first-order valence-electron chi connectivity index (χ1n) is 9.32. The second kappa shape index (κ2) is 16.3. The molecule has 0 saturated carbocycles. The SMILES string of the molecule is CC.CC(C)CCCOCCCC(CN(C)CC(C)C)C(=O)O. The summed E-state index contributed by atoms with van der Waals surface area (Å²) in [6.07, 6.45) is 3.81. The van der Waals surface area contributed by atoms with E-state index in [1.807, 2.05) is 20.9 Å². The summed E-state index contributed by atoms with van der Waals surface area (Å²) < 4.78 is 5.58.